The van der Waals surface area contributed by atoms with E-state index < -0.39 is 11.6 Å². The first-order valence-electron chi connectivity index (χ1n) is 6.59. The normalized spacial score (nSPS) is 19.4. The smallest absolute Gasteiger partial charge is 0.159 e. The number of hydrogen-bond donors (Lipinski definition) is 2. The minimum atomic E-state index is -0.843. The van der Waals surface area contributed by atoms with Crippen LogP contribution in [0.3, 0.4) is 0 Å². The Morgan fingerprint density at radius 2 is 1.84 bits per heavy atom. The predicted molar refractivity (Wildman–Crippen MR) is 71.8 cm³/mol. The summed E-state index contributed by atoms with van der Waals surface area (Å²) in [4.78, 5) is 2.29. The van der Waals surface area contributed by atoms with Crippen LogP contribution in [-0.4, -0.2) is 36.6 Å². The number of benzene rings is 1. The van der Waals surface area contributed by atoms with E-state index in [4.69, 9.17) is 5.73 Å². The summed E-state index contributed by atoms with van der Waals surface area (Å²) in [5.74, 6) is -1.68. The average molecular weight is 269 g/mol. The van der Waals surface area contributed by atoms with E-state index in [1.165, 1.54) is 6.07 Å². The van der Waals surface area contributed by atoms with Gasteiger partial charge in [0.25, 0.3) is 0 Å². The zero-order chi connectivity index (χ0) is 14.0. The van der Waals surface area contributed by atoms with E-state index in [0.29, 0.717) is 5.56 Å². The van der Waals surface area contributed by atoms with Gasteiger partial charge >= 0.3 is 0 Å². The third kappa shape index (κ3) is 2.94. The predicted octanol–water partition coefficient (Wildman–Crippen LogP) is 1.65. The highest BCUT2D eigenvalue weighted by Gasteiger charge is 2.34. The van der Waals surface area contributed by atoms with Gasteiger partial charge in [0.2, 0.25) is 0 Å². The molecule has 0 bridgehead atoms. The Kier molecular flexibility index (Phi) is 4.18. The topological polar surface area (TPSA) is 41.3 Å². The molecule has 3 nitrogen and oxygen atoms in total. The molecule has 0 saturated carbocycles. The standard InChI is InChI=1S/C14H21F2N3/c1-14(2,19-7-5-18-6-8-19)13(17)10-3-4-11(15)12(16)9-10/h3-4,9,13,18H,5-8,17H2,1-2H3. The van der Waals surface area contributed by atoms with E-state index in [-0.39, 0.29) is 11.6 Å². The summed E-state index contributed by atoms with van der Waals surface area (Å²) in [5.41, 5.74) is 6.60. The first kappa shape index (κ1) is 14.4. The van der Waals surface area contributed by atoms with Gasteiger partial charge < -0.3 is 11.1 Å². The molecule has 1 atom stereocenters. The minimum Gasteiger partial charge on any atom is -0.322 e. The zero-order valence-electron chi connectivity index (χ0n) is 11.4. The number of halogens is 2. The average Bonchev–Trinajstić information content (AvgIpc) is 2.42. The quantitative estimate of drug-likeness (QED) is 0.876. The second-order valence-corrected chi connectivity index (χ2v) is 5.54. The van der Waals surface area contributed by atoms with Crippen molar-refractivity contribution in [2.45, 2.75) is 25.4 Å². The molecule has 1 aromatic rings. The Morgan fingerprint density at radius 3 is 2.42 bits per heavy atom. The molecule has 1 saturated heterocycles. The van der Waals surface area contributed by atoms with Crippen LogP contribution in [-0.2, 0) is 0 Å². The monoisotopic (exact) mass is 269 g/mol. The maximum absolute atomic E-state index is 13.3. The van der Waals surface area contributed by atoms with Gasteiger partial charge in [0.15, 0.2) is 11.6 Å². The fraction of sp³-hybridized carbons (Fsp3) is 0.571. The lowest BCUT2D eigenvalue weighted by molar-refractivity contribution is 0.0799. The number of nitrogens with two attached hydrogens (primary N) is 1. The molecule has 106 valence electrons. The molecule has 3 N–H and O–H groups in total. The van der Waals surface area contributed by atoms with E-state index in [1.807, 2.05) is 13.8 Å². The molecule has 1 aliphatic heterocycles. The Balaban J connectivity index is 2.20. The Labute approximate surface area is 112 Å². The summed E-state index contributed by atoms with van der Waals surface area (Å²) in [7, 11) is 0. The van der Waals surface area contributed by atoms with Gasteiger partial charge in [-0.15, -0.1) is 0 Å². The molecule has 1 fully saturated rings. The van der Waals surface area contributed by atoms with Gasteiger partial charge in [0, 0.05) is 37.8 Å². The van der Waals surface area contributed by atoms with Gasteiger partial charge in [-0.1, -0.05) is 6.07 Å². The van der Waals surface area contributed by atoms with Crippen molar-refractivity contribution < 1.29 is 8.78 Å². The minimum absolute atomic E-state index is 0.299. The van der Waals surface area contributed by atoms with Crippen LogP contribution >= 0.6 is 0 Å². The van der Waals surface area contributed by atoms with Gasteiger partial charge in [-0.05, 0) is 31.5 Å². The Hall–Kier alpha value is -1.04. The fourth-order valence-corrected chi connectivity index (χ4v) is 2.55. The van der Waals surface area contributed by atoms with E-state index in [2.05, 4.69) is 10.2 Å². The molecule has 0 aromatic heterocycles. The Morgan fingerprint density at radius 1 is 1.21 bits per heavy atom. The van der Waals surface area contributed by atoms with Crippen LogP contribution in [0.5, 0.6) is 0 Å². The van der Waals surface area contributed by atoms with Crippen LogP contribution in [0.4, 0.5) is 8.78 Å². The van der Waals surface area contributed by atoms with Crippen molar-refractivity contribution in [3.8, 4) is 0 Å². The van der Waals surface area contributed by atoms with E-state index in [1.54, 1.807) is 6.07 Å². The molecule has 0 radical (unpaired) electrons. The number of nitrogens with one attached hydrogen (secondary N) is 1. The van der Waals surface area contributed by atoms with Gasteiger partial charge in [0.1, 0.15) is 0 Å². The number of nitrogens with zero attached hydrogens (tertiary/aromatic N) is 1. The van der Waals surface area contributed by atoms with Gasteiger partial charge in [-0.25, -0.2) is 8.78 Å². The maximum Gasteiger partial charge on any atom is 0.159 e. The lowest BCUT2D eigenvalue weighted by Crippen LogP contribution is -2.57. The lowest BCUT2D eigenvalue weighted by Gasteiger charge is -2.45. The van der Waals surface area contributed by atoms with Crippen molar-refractivity contribution in [2.75, 3.05) is 26.2 Å². The lowest BCUT2D eigenvalue weighted by atomic mass is 9.87. The summed E-state index contributed by atoms with van der Waals surface area (Å²) in [6.07, 6.45) is 0. The molecule has 19 heavy (non-hydrogen) atoms. The van der Waals surface area contributed by atoms with Crippen LogP contribution in [0.15, 0.2) is 18.2 Å². The van der Waals surface area contributed by atoms with Crippen molar-refractivity contribution >= 4 is 0 Å². The van der Waals surface area contributed by atoms with E-state index >= 15 is 0 Å². The van der Waals surface area contributed by atoms with Crippen molar-refractivity contribution in [1.82, 2.24) is 10.2 Å². The molecular formula is C14H21F2N3. The maximum atomic E-state index is 13.3. The van der Waals surface area contributed by atoms with Crippen molar-refractivity contribution in [2.24, 2.45) is 5.73 Å². The molecule has 1 aliphatic rings. The van der Waals surface area contributed by atoms with Gasteiger partial charge in [-0.2, -0.15) is 0 Å². The number of piperazine rings is 1. The van der Waals surface area contributed by atoms with Crippen LogP contribution in [0.25, 0.3) is 0 Å². The largest absolute Gasteiger partial charge is 0.322 e. The summed E-state index contributed by atoms with van der Waals surface area (Å²) < 4.78 is 26.3. The van der Waals surface area contributed by atoms with Crippen LogP contribution in [0.1, 0.15) is 25.5 Å². The first-order valence-corrected chi connectivity index (χ1v) is 6.59. The van der Waals surface area contributed by atoms with Gasteiger partial charge in [-0.3, -0.25) is 4.90 Å². The Bertz CT molecular complexity index is 442. The third-order valence-corrected chi connectivity index (χ3v) is 4.00. The van der Waals surface area contributed by atoms with Crippen molar-refractivity contribution in [3.63, 3.8) is 0 Å². The molecule has 0 spiro atoms. The molecular weight excluding hydrogens is 248 g/mol. The summed E-state index contributed by atoms with van der Waals surface area (Å²) in [6, 6.07) is 3.54. The second kappa shape index (κ2) is 5.53. The molecule has 1 unspecified atom stereocenters. The van der Waals surface area contributed by atoms with E-state index in [0.717, 1.165) is 32.2 Å². The molecule has 5 heteroatoms. The summed E-state index contributed by atoms with van der Waals surface area (Å²) in [5, 5.41) is 3.29. The fourth-order valence-electron chi connectivity index (χ4n) is 2.55. The number of rotatable bonds is 3. The molecule has 0 amide bonds. The summed E-state index contributed by atoms with van der Waals surface area (Å²) >= 11 is 0. The highest BCUT2D eigenvalue weighted by molar-refractivity contribution is 5.24. The van der Waals surface area contributed by atoms with Crippen molar-refractivity contribution in [1.29, 1.82) is 0 Å². The second-order valence-electron chi connectivity index (χ2n) is 5.54. The zero-order valence-corrected chi connectivity index (χ0v) is 11.4. The summed E-state index contributed by atoms with van der Waals surface area (Å²) in [6.45, 7) is 7.76. The highest BCUT2D eigenvalue weighted by Crippen LogP contribution is 2.30. The van der Waals surface area contributed by atoms with Gasteiger partial charge in [0.05, 0.1) is 0 Å². The van der Waals surface area contributed by atoms with Crippen LogP contribution in [0.2, 0.25) is 0 Å². The van der Waals surface area contributed by atoms with Crippen molar-refractivity contribution in [3.05, 3.63) is 35.4 Å². The molecule has 2 rings (SSSR count). The van der Waals surface area contributed by atoms with Crippen LogP contribution < -0.4 is 11.1 Å². The van der Waals surface area contributed by atoms with E-state index in [9.17, 15) is 8.78 Å². The number of hydrogen-bond acceptors (Lipinski definition) is 3. The third-order valence-electron chi connectivity index (χ3n) is 4.00. The molecule has 0 aliphatic carbocycles. The molecule has 1 heterocycles. The van der Waals surface area contributed by atoms with Crippen LogP contribution in [0, 0.1) is 11.6 Å². The highest BCUT2D eigenvalue weighted by atomic mass is 19.2. The first-order chi connectivity index (χ1) is 8.93. The SMILES string of the molecule is CC(C)(C(N)c1ccc(F)c(F)c1)N1CCNCC1. The molecule has 1 aromatic carbocycles.